The number of ether oxygens (including phenoxy) is 1. The van der Waals surface area contributed by atoms with Gasteiger partial charge < -0.3 is 4.74 Å². The van der Waals surface area contributed by atoms with Gasteiger partial charge in [-0.3, -0.25) is 4.79 Å². The van der Waals surface area contributed by atoms with Gasteiger partial charge in [-0.2, -0.15) is 0 Å². The lowest BCUT2D eigenvalue weighted by Crippen LogP contribution is -2.07. The molecule has 2 heteroatoms. The van der Waals surface area contributed by atoms with Crippen molar-refractivity contribution in [1.82, 2.24) is 0 Å². The Morgan fingerprint density at radius 3 is 2.37 bits per heavy atom. The van der Waals surface area contributed by atoms with E-state index in [1.165, 1.54) is 0 Å². The Balaban J connectivity index is 2.47. The molecule has 98 valence electrons. The first kappa shape index (κ1) is 13.3. The molecule has 0 aromatic heterocycles. The summed E-state index contributed by atoms with van der Waals surface area (Å²) in [6.07, 6.45) is 0.852. The minimum atomic E-state index is 0.0133. The van der Waals surface area contributed by atoms with Crippen LogP contribution in [-0.2, 0) is 6.42 Å². The number of carbonyl (C=O) groups excluding carboxylic acids is 1. The highest BCUT2D eigenvalue weighted by Gasteiger charge is 2.16. The zero-order valence-electron chi connectivity index (χ0n) is 11.3. The monoisotopic (exact) mass is 254 g/mol. The summed E-state index contributed by atoms with van der Waals surface area (Å²) >= 11 is 0. The average molecular weight is 254 g/mol. The zero-order valence-corrected chi connectivity index (χ0v) is 11.3. The largest absolute Gasteiger partial charge is 0.493 e. The normalized spacial score (nSPS) is 10.2. The third-order valence-corrected chi connectivity index (χ3v) is 3.05. The topological polar surface area (TPSA) is 26.3 Å². The van der Waals surface area contributed by atoms with Gasteiger partial charge in [0.05, 0.1) is 12.2 Å². The highest BCUT2D eigenvalue weighted by atomic mass is 16.5. The van der Waals surface area contributed by atoms with Crippen LogP contribution in [-0.4, -0.2) is 12.4 Å². The number of aryl methyl sites for hydroxylation is 1. The average Bonchev–Trinajstić information content (AvgIpc) is 2.48. The van der Waals surface area contributed by atoms with Crippen molar-refractivity contribution >= 4 is 5.78 Å². The van der Waals surface area contributed by atoms with Crippen LogP contribution in [0.3, 0.4) is 0 Å². The van der Waals surface area contributed by atoms with Crippen LogP contribution in [0.1, 0.15) is 35.3 Å². The van der Waals surface area contributed by atoms with Gasteiger partial charge in [-0.25, -0.2) is 0 Å². The molecule has 2 nitrogen and oxygen atoms in total. The standard InChI is InChI=1S/C17H18O2/c1-3-13-11-8-12-15(17(13)19-4-2)16(18)14-9-6-5-7-10-14/h5-12H,3-4H2,1-2H3. The second kappa shape index (κ2) is 6.19. The van der Waals surface area contributed by atoms with Crippen molar-refractivity contribution < 1.29 is 9.53 Å². The zero-order chi connectivity index (χ0) is 13.7. The van der Waals surface area contributed by atoms with Crippen LogP contribution in [0.4, 0.5) is 0 Å². The second-order valence-electron chi connectivity index (χ2n) is 4.28. The van der Waals surface area contributed by atoms with E-state index in [-0.39, 0.29) is 5.78 Å². The molecular weight excluding hydrogens is 236 g/mol. The van der Waals surface area contributed by atoms with Crippen LogP contribution in [0.15, 0.2) is 48.5 Å². The maximum Gasteiger partial charge on any atom is 0.196 e. The van der Waals surface area contributed by atoms with E-state index >= 15 is 0 Å². The van der Waals surface area contributed by atoms with E-state index in [0.29, 0.717) is 17.7 Å². The quantitative estimate of drug-likeness (QED) is 0.757. The van der Waals surface area contributed by atoms with Crippen molar-refractivity contribution in [2.24, 2.45) is 0 Å². The van der Waals surface area contributed by atoms with E-state index in [4.69, 9.17) is 4.74 Å². The van der Waals surface area contributed by atoms with E-state index in [2.05, 4.69) is 6.92 Å². The van der Waals surface area contributed by atoms with Crippen LogP contribution in [0.25, 0.3) is 0 Å². The second-order valence-corrected chi connectivity index (χ2v) is 4.28. The molecule has 0 fully saturated rings. The number of hydrogen-bond donors (Lipinski definition) is 0. The molecule has 0 aliphatic heterocycles. The van der Waals surface area contributed by atoms with Gasteiger partial charge >= 0.3 is 0 Å². The molecule has 0 unspecified atom stereocenters. The van der Waals surface area contributed by atoms with Crippen LogP contribution >= 0.6 is 0 Å². The molecule has 0 amide bonds. The van der Waals surface area contributed by atoms with Gasteiger partial charge in [-0.05, 0) is 25.0 Å². The predicted molar refractivity (Wildman–Crippen MR) is 76.9 cm³/mol. The highest BCUT2D eigenvalue weighted by Crippen LogP contribution is 2.27. The summed E-state index contributed by atoms with van der Waals surface area (Å²) < 4.78 is 5.68. The third-order valence-electron chi connectivity index (χ3n) is 3.05. The van der Waals surface area contributed by atoms with Gasteiger partial charge in [-0.15, -0.1) is 0 Å². The van der Waals surface area contributed by atoms with Gasteiger partial charge in [-0.1, -0.05) is 49.4 Å². The van der Waals surface area contributed by atoms with Gasteiger partial charge in [0.25, 0.3) is 0 Å². The Hall–Kier alpha value is -2.09. The molecule has 0 spiro atoms. The summed E-state index contributed by atoms with van der Waals surface area (Å²) in [5.41, 5.74) is 2.41. The number of ketones is 1. The summed E-state index contributed by atoms with van der Waals surface area (Å²) in [6, 6.07) is 15.1. The maximum atomic E-state index is 12.5. The molecule has 0 saturated carbocycles. The van der Waals surface area contributed by atoms with Crippen molar-refractivity contribution in [2.45, 2.75) is 20.3 Å². The summed E-state index contributed by atoms with van der Waals surface area (Å²) in [4.78, 5) is 12.5. The molecule has 2 rings (SSSR count). The first-order chi connectivity index (χ1) is 9.27. The highest BCUT2D eigenvalue weighted by molar-refractivity contribution is 6.10. The molecular formula is C17H18O2. The summed E-state index contributed by atoms with van der Waals surface area (Å²) in [6.45, 7) is 4.56. The molecule has 0 aliphatic carbocycles. The van der Waals surface area contributed by atoms with Gasteiger partial charge in [0.2, 0.25) is 0 Å². The Kier molecular flexibility index (Phi) is 4.35. The van der Waals surface area contributed by atoms with Crippen molar-refractivity contribution in [3.8, 4) is 5.75 Å². The number of benzene rings is 2. The SMILES string of the molecule is CCOc1c(CC)cccc1C(=O)c1ccccc1. The number of hydrogen-bond acceptors (Lipinski definition) is 2. The van der Waals surface area contributed by atoms with E-state index in [9.17, 15) is 4.79 Å². The minimum Gasteiger partial charge on any atom is -0.493 e. The number of rotatable bonds is 5. The number of para-hydroxylation sites is 1. The molecule has 0 saturated heterocycles. The maximum absolute atomic E-state index is 12.5. The molecule has 0 bridgehead atoms. The lowest BCUT2D eigenvalue weighted by molar-refractivity contribution is 0.103. The van der Waals surface area contributed by atoms with Crippen molar-refractivity contribution in [3.63, 3.8) is 0 Å². The van der Waals surface area contributed by atoms with E-state index in [0.717, 1.165) is 17.7 Å². The smallest absolute Gasteiger partial charge is 0.196 e. The Bertz CT molecular complexity index is 559. The van der Waals surface area contributed by atoms with Gasteiger partial charge in [0, 0.05) is 5.56 Å². The van der Waals surface area contributed by atoms with Crippen molar-refractivity contribution in [1.29, 1.82) is 0 Å². The summed E-state index contributed by atoms with van der Waals surface area (Å²) in [7, 11) is 0. The molecule has 0 atom stereocenters. The van der Waals surface area contributed by atoms with Crippen molar-refractivity contribution in [3.05, 3.63) is 65.2 Å². The van der Waals surface area contributed by atoms with Gasteiger partial charge in [0.1, 0.15) is 5.75 Å². The van der Waals surface area contributed by atoms with E-state index in [1.807, 2.05) is 55.5 Å². The van der Waals surface area contributed by atoms with E-state index in [1.54, 1.807) is 0 Å². The lowest BCUT2D eigenvalue weighted by atomic mass is 9.99. The Morgan fingerprint density at radius 1 is 1.00 bits per heavy atom. The number of carbonyl (C=O) groups is 1. The predicted octanol–water partition coefficient (Wildman–Crippen LogP) is 3.88. The third kappa shape index (κ3) is 2.84. The molecule has 0 heterocycles. The molecule has 2 aromatic carbocycles. The Labute approximate surface area is 114 Å². The fourth-order valence-electron chi connectivity index (χ4n) is 2.10. The van der Waals surface area contributed by atoms with Crippen LogP contribution < -0.4 is 4.74 Å². The van der Waals surface area contributed by atoms with Crippen LogP contribution in [0.2, 0.25) is 0 Å². The summed E-state index contributed by atoms with van der Waals surface area (Å²) in [5.74, 6) is 0.737. The molecule has 19 heavy (non-hydrogen) atoms. The first-order valence-electron chi connectivity index (χ1n) is 6.62. The molecule has 0 aliphatic rings. The van der Waals surface area contributed by atoms with E-state index < -0.39 is 0 Å². The van der Waals surface area contributed by atoms with Crippen LogP contribution in [0, 0.1) is 0 Å². The molecule has 0 N–H and O–H groups in total. The molecule has 0 radical (unpaired) electrons. The van der Waals surface area contributed by atoms with Crippen LogP contribution in [0.5, 0.6) is 5.75 Å². The van der Waals surface area contributed by atoms with Gasteiger partial charge in [0.15, 0.2) is 5.78 Å². The fraction of sp³-hybridized carbons (Fsp3) is 0.235. The summed E-state index contributed by atoms with van der Waals surface area (Å²) in [5, 5.41) is 0. The van der Waals surface area contributed by atoms with Crippen molar-refractivity contribution in [2.75, 3.05) is 6.61 Å². The minimum absolute atomic E-state index is 0.0133. The first-order valence-corrected chi connectivity index (χ1v) is 6.62. The molecule has 2 aromatic rings. The Morgan fingerprint density at radius 2 is 1.74 bits per heavy atom. The lowest BCUT2D eigenvalue weighted by Gasteiger charge is -2.13. The fourth-order valence-corrected chi connectivity index (χ4v) is 2.10.